The molecule has 1 aromatic carbocycles. The van der Waals surface area contributed by atoms with E-state index >= 15 is 0 Å². The second-order valence-corrected chi connectivity index (χ2v) is 6.00. The average molecular weight is 301 g/mol. The van der Waals surface area contributed by atoms with Crippen LogP contribution in [0.25, 0.3) is 5.69 Å². The minimum absolute atomic E-state index is 0.0888. The number of aromatic nitrogens is 2. The van der Waals surface area contributed by atoms with E-state index in [1.807, 2.05) is 63.4 Å². The molecule has 21 heavy (non-hydrogen) atoms. The summed E-state index contributed by atoms with van der Waals surface area (Å²) in [6.07, 6.45) is 3.53. The Bertz CT molecular complexity index is 625. The third kappa shape index (κ3) is 5.00. The molecule has 0 saturated heterocycles. The molecule has 0 amide bonds. The fourth-order valence-corrected chi connectivity index (χ4v) is 2.02. The summed E-state index contributed by atoms with van der Waals surface area (Å²) in [7, 11) is 0. The minimum atomic E-state index is -0.0888. The molecule has 6 heteroatoms. The molecule has 0 aliphatic carbocycles. The van der Waals surface area contributed by atoms with Gasteiger partial charge in [0.05, 0.1) is 11.9 Å². The molecule has 1 heterocycles. The highest BCUT2D eigenvalue weighted by atomic mass is 32.1. The Balaban J connectivity index is 1.94. The molecule has 0 radical (unpaired) electrons. The van der Waals surface area contributed by atoms with E-state index < -0.39 is 0 Å². The van der Waals surface area contributed by atoms with E-state index in [2.05, 4.69) is 20.9 Å². The Hall–Kier alpha value is -2.21. The number of para-hydroxylation sites is 1. The number of hydrogen-bond acceptors (Lipinski definition) is 3. The SMILES string of the molecule is CC(C)(C)NC(=S)NN=Cc1ccn(-c2ccccc2)n1. The number of thiocarbonyl (C=S) groups is 1. The van der Waals surface area contributed by atoms with Gasteiger partial charge in [-0.15, -0.1) is 0 Å². The Kier molecular flexibility index (Phi) is 4.70. The molecule has 2 aromatic rings. The van der Waals surface area contributed by atoms with Crippen molar-refractivity contribution in [1.82, 2.24) is 20.5 Å². The van der Waals surface area contributed by atoms with Gasteiger partial charge in [-0.3, -0.25) is 5.43 Å². The van der Waals surface area contributed by atoms with Crippen LogP contribution in [0.5, 0.6) is 0 Å². The zero-order valence-corrected chi connectivity index (χ0v) is 13.2. The Labute approximate surface area is 130 Å². The quantitative estimate of drug-likeness (QED) is 0.519. The molecule has 0 spiro atoms. The molecular weight excluding hydrogens is 282 g/mol. The van der Waals surface area contributed by atoms with Crippen LogP contribution in [0.2, 0.25) is 0 Å². The smallest absolute Gasteiger partial charge is 0.187 e. The molecule has 0 fully saturated rings. The molecule has 0 atom stereocenters. The number of nitrogens with zero attached hydrogens (tertiary/aromatic N) is 3. The fourth-order valence-electron chi connectivity index (χ4n) is 1.66. The van der Waals surface area contributed by atoms with Crippen LogP contribution in [-0.2, 0) is 0 Å². The van der Waals surface area contributed by atoms with Gasteiger partial charge in [0.1, 0.15) is 5.69 Å². The molecule has 0 aliphatic rings. The molecule has 5 nitrogen and oxygen atoms in total. The highest BCUT2D eigenvalue weighted by molar-refractivity contribution is 7.80. The van der Waals surface area contributed by atoms with E-state index in [4.69, 9.17) is 12.2 Å². The second-order valence-electron chi connectivity index (χ2n) is 5.59. The fraction of sp³-hybridized carbons (Fsp3) is 0.267. The van der Waals surface area contributed by atoms with Crippen molar-refractivity contribution in [2.24, 2.45) is 5.10 Å². The lowest BCUT2D eigenvalue weighted by atomic mass is 10.1. The summed E-state index contributed by atoms with van der Waals surface area (Å²) in [5.41, 5.74) is 4.45. The summed E-state index contributed by atoms with van der Waals surface area (Å²) in [5, 5.41) is 12.1. The molecular formula is C15H19N5S. The predicted octanol–water partition coefficient (Wildman–Crippen LogP) is 2.47. The Morgan fingerprint density at radius 2 is 1.95 bits per heavy atom. The lowest BCUT2D eigenvalue weighted by Gasteiger charge is -2.21. The van der Waals surface area contributed by atoms with Gasteiger partial charge in [-0.05, 0) is 51.2 Å². The van der Waals surface area contributed by atoms with E-state index in [1.54, 1.807) is 10.9 Å². The van der Waals surface area contributed by atoms with Crippen molar-refractivity contribution in [1.29, 1.82) is 0 Å². The van der Waals surface area contributed by atoms with Crippen LogP contribution in [0, 0.1) is 0 Å². The van der Waals surface area contributed by atoms with Gasteiger partial charge in [-0.1, -0.05) is 18.2 Å². The number of hydrogen-bond donors (Lipinski definition) is 2. The van der Waals surface area contributed by atoms with Gasteiger partial charge in [0.25, 0.3) is 0 Å². The first kappa shape index (κ1) is 15.2. The Morgan fingerprint density at radius 1 is 1.24 bits per heavy atom. The van der Waals surface area contributed by atoms with Crippen molar-refractivity contribution in [2.45, 2.75) is 26.3 Å². The molecule has 2 rings (SSSR count). The third-order valence-corrected chi connectivity index (χ3v) is 2.68. The van der Waals surface area contributed by atoms with E-state index in [-0.39, 0.29) is 5.54 Å². The highest BCUT2D eigenvalue weighted by Crippen LogP contribution is 2.05. The van der Waals surface area contributed by atoms with Gasteiger partial charge >= 0.3 is 0 Å². The predicted molar refractivity (Wildman–Crippen MR) is 89.8 cm³/mol. The number of rotatable bonds is 3. The van der Waals surface area contributed by atoms with Crippen LogP contribution in [0.3, 0.4) is 0 Å². The van der Waals surface area contributed by atoms with Gasteiger partial charge in [0, 0.05) is 11.7 Å². The summed E-state index contributed by atoms with van der Waals surface area (Å²) >= 11 is 5.14. The van der Waals surface area contributed by atoms with E-state index in [0.717, 1.165) is 11.4 Å². The lowest BCUT2D eigenvalue weighted by molar-refractivity contribution is 0.508. The average Bonchev–Trinajstić information content (AvgIpc) is 2.86. The van der Waals surface area contributed by atoms with Crippen LogP contribution in [-0.4, -0.2) is 26.6 Å². The summed E-state index contributed by atoms with van der Waals surface area (Å²) in [6, 6.07) is 11.8. The second kappa shape index (κ2) is 6.49. The monoisotopic (exact) mass is 301 g/mol. The van der Waals surface area contributed by atoms with Crippen molar-refractivity contribution >= 4 is 23.5 Å². The molecule has 0 aliphatic heterocycles. The third-order valence-electron chi connectivity index (χ3n) is 2.48. The van der Waals surface area contributed by atoms with E-state index in [0.29, 0.717) is 5.11 Å². The van der Waals surface area contributed by atoms with Crippen LogP contribution in [0.4, 0.5) is 0 Å². The van der Waals surface area contributed by atoms with Crippen molar-refractivity contribution in [3.8, 4) is 5.69 Å². The van der Waals surface area contributed by atoms with Gasteiger partial charge in [0.15, 0.2) is 5.11 Å². The van der Waals surface area contributed by atoms with Crippen LogP contribution in [0.15, 0.2) is 47.7 Å². The number of hydrazone groups is 1. The number of benzene rings is 1. The first-order valence-electron chi connectivity index (χ1n) is 6.66. The zero-order valence-electron chi connectivity index (χ0n) is 12.4. The van der Waals surface area contributed by atoms with Crippen molar-refractivity contribution in [3.05, 3.63) is 48.3 Å². The summed E-state index contributed by atoms with van der Waals surface area (Å²) < 4.78 is 1.80. The topological polar surface area (TPSA) is 54.2 Å². The molecule has 0 saturated carbocycles. The maximum absolute atomic E-state index is 5.14. The van der Waals surface area contributed by atoms with Gasteiger partial charge < -0.3 is 5.32 Å². The normalized spacial score (nSPS) is 11.6. The standard InChI is InChI=1S/C15H19N5S/c1-15(2,3)17-14(21)18-16-11-12-9-10-20(19-12)13-7-5-4-6-8-13/h4-11H,1-3H3,(H2,17,18,21). The van der Waals surface area contributed by atoms with E-state index in [1.165, 1.54) is 0 Å². The van der Waals surface area contributed by atoms with Crippen LogP contribution >= 0.6 is 12.2 Å². The highest BCUT2D eigenvalue weighted by Gasteiger charge is 2.09. The molecule has 0 bridgehead atoms. The van der Waals surface area contributed by atoms with E-state index in [9.17, 15) is 0 Å². The largest absolute Gasteiger partial charge is 0.357 e. The van der Waals surface area contributed by atoms with Gasteiger partial charge in [0.2, 0.25) is 0 Å². The van der Waals surface area contributed by atoms with Gasteiger partial charge in [-0.25, -0.2) is 4.68 Å². The summed E-state index contributed by atoms with van der Waals surface area (Å²) in [4.78, 5) is 0. The maximum Gasteiger partial charge on any atom is 0.187 e. The first-order chi connectivity index (χ1) is 9.94. The summed E-state index contributed by atoms with van der Waals surface area (Å²) in [5.74, 6) is 0. The minimum Gasteiger partial charge on any atom is -0.357 e. The molecule has 2 N–H and O–H groups in total. The van der Waals surface area contributed by atoms with Crippen LogP contribution < -0.4 is 10.7 Å². The lowest BCUT2D eigenvalue weighted by Crippen LogP contribution is -2.44. The Morgan fingerprint density at radius 3 is 2.62 bits per heavy atom. The maximum atomic E-state index is 5.14. The van der Waals surface area contributed by atoms with Crippen molar-refractivity contribution < 1.29 is 0 Å². The summed E-state index contributed by atoms with van der Waals surface area (Å²) in [6.45, 7) is 6.10. The molecule has 1 aromatic heterocycles. The zero-order chi connectivity index (χ0) is 15.3. The molecule has 0 unspecified atom stereocenters. The van der Waals surface area contributed by atoms with Crippen molar-refractivity contribution in [3.63, 3.8) is 0 Å². The van der Waals surface area contributed by atoms with Crippen LogP contribution in [0.1, 0.15) is 26.5 Å². The van der Waals surface area contributed by atoms with Crippen molar-refractivity contribution in [2.75, 3.05) is 0 Å². The number of nitrogens with one attached hydrogen (secondary N) is 2. The first-order valence-corrected chi connectivity index (χ1v) is 7.07. The van der Waals surface area contributed by atoms with Gasteiger partial charge in [-0.2, -0.15) is 10.2 Å². The molecule has 110 valence electrons.